The van der Waals surface area contributed by atoms with Crippen LogP contribution in [-0.4, -0.2) is 51.8 Å². The Hall–Kier alpha value is -4.55. The molecule has 0 amide bonds. The zero-order valence-electron chi connectivity index (χ0n) is 30.3. The molecule has 0 aromatic heterocycles. The topological polar surface area (TPSA) is 107 Å². The molecule has 276 valence electrons. The number of benzene rings is 5. The summed E-state index contributed by atoms with van der Waals surface area (Å²) in [4.78, 5) is 2.67. The summed E-state index contributed by atoms with van der Waals surface area (Å²) >= 11 is 0. The number of hydrogen-bond donors (Lipinski definition) is 2. The van der Waals surface area contributed by atoms with E-state index in [1.165, 1.54) is 11.1 Å². The highest BCUT2D eigenvalue weighted by molar-refractivity contribution is 7.89. The number of rotatable bonds is 12. The second kappa shape index (κ2) is 16.2. The van der Waals surface area contributed by atoms with E-state index < -0.39 is 16.3 Å². The molecule has 0 spiro atoms. The summed E-state index contributed by atoms with van der Waals surface area (Å²) in [5.74, 6) is 1.53. The van der Waals surface area contributed by atoms with Gasteiger partial charge < -0.3 is 24.1 Å². The Kier molecular flexibility index (Phi) is 11.3. The highest BCUT2D eigenvalue weighted by Gasteiger charge is 2.39. The molecule has 1 saturated heterocycles. The average molecular weight is 735 g/mol. The molecule has 2 heterocycles. The molecule has 2 N–H and O–H groups in total. The molecule has 2 aliphatic heterocycles. The second-order valence-electron chi connectivity index (χ2n) is 13.7. The van der Waals surface area contributed by atoms with Crippen LogP contribution in [0.4, 0.5) is 0 Å². The molecule has 0 radical (unpaired) electrons. The van der Waals surface area contributed by atoms with Crippen LogP contribution in [0.5, 0.6) is 11.5 Å². The molecule has 5 aromatic rings. The third-order valence-corrected chi connectivity index (χ3v) is 11.8. The van der Waals surface area contributed by atoms with Gasteiger partial charge in [-0.1, -0.05) is 97.9 Å². The maximum absolute atomic E-state index is 13.0. The normalized spacial score (nSPS) is 20.5. The number of aliphatic hydroxyl groups excluding tert-OH is 1. The third kappa shape index (κ3) is 8.18. The highest BCUT2D eigenvalue weighted by atomic mass is 32.2. The average Bonchev–Trinajstić information content (AvgIpc) is 3.21. The first-order valence-electron chi connectivity index (χ1n) is 18.0. The lowest BCUT2D eigenvalue weighted by Gasteiger charge is -2.43. The molecule has 9 nitrogen and oxygen atoms in total. The molecule has 10 heteroatoms. The van der Waals surface area contributed by atoms with Gasteiger partial charge in [0.25, 0.3) is 0 Å². The van der Waals surface area contributed by atoms with Gasteiger partial charge in [-0.3, -0.25) is 4.90 Å². The molecule has 0 aliphatic carbocycles. The zero-order valence-corrected chi connectivity index (χ0v) is 31.1. The van der Waals surface area contributed by atoms with E-state index in [1.54, 1.807) is 44.6 Å². The van der Waals surface area contributed by atoms with Gasteiger partial charge in [0.15, 0.2) is 17.8 Å². The van der Waals surface area contributed by atoms with Crippen LogP contribution in [0, 0.1) is 5.92 Å². The maximum atomic E-state index is 13.0. The van der Waals surface area contributed by atoms with E-state index in [2.05, 4.69) is 28.7 Å². The lowest BCUT2D eigenvalue weighted by molar-refractivity contribution is -0.276. The van der Waals surface area contributed by atoms with Crippen LogP contribution in [0.15, 0.2) is 120 Å². The molecule has 0 unspecified atom stereocenters. The summed E-state index contributed by atoms with van der Waals surface area (Å²) in [5.41, 5.74) is 8.05. The number of sulfonamides is 1. The fraction of sp³-hybridized carbons (Fsp3) is 0.302. The number of nitrogens with one attached hydrogen (secondary N) is 1. The van der Waals surface area contributed by atoms with Crippen molar-refractivity contribution in [3.63, 3.8) is 0 Å². The summed E-state index contributed by atoms with van der Waals surface area (Å²) in [5, 5.41) is 9.67. The Morgan fingerprint density at radius 3 is 2.17 bits per heavy atom. The summed E-state index contributed by atoms with van der Waals surface area (Å²) < 4.78 is 53.4. The summed E-state index contributed by atoms with van der Waals surface area (Å²) in [6, 6.07) is 36.5. The number of ether oxygens (including phenoxy) is 4. The predicted molar refractivity (Wildman–Crippen MR) is 204 cm³/mol. The van der Waals surface area contributed by atoms with Crippen LogP contribution in [0.25, 0.3) is 11.1 Å². The van der Waals surface area contributed by atoms with Crippen LogP contribution in [0.2, 0.25) is 0 Å². The van der Waals surface area contributed by atoms with Gasteiger partial charge >= 0.3 is 0 Å². The second-order valence-corrected chi connectivity index (χ2v) is 15.5. The minimum Gasteiger partial charge on any atom is -0.493 e. The maximum Gasteiger partial charge on any atom is 0.240 e. The standard InChI is InChI=1S/C43H46N2O7S/c1-29-41(27-45-22-21-34-23-39(49-2)40(50-3)24-36(34)26-45)51-43(52-42(29)32-15-13-30(28-46)14-16-32)33-19-17-31(18-20-33)38-12-8-7-9-35(38)25-44-53(47,48)37-10-5-4-6-11-37/h4-20,23-24,29,41-44,46H,21-22,25-28H2,1-3H3/t29-,41+,42+,43+/m0/s1. The third-order valence-electron chi connectivity index (χ3n) is 10.4. The van der Waals surface area contributed by atoms with Crippen molar-refractivity contribution in [1.82, 2.24) is 9.62 Å². The van der Waals surface area contributed by atoms with Gasteiger partial charge in [0.05, 0.1) is 37.9 Å². The van der Waals surface area contributed by atoms with Gasteiger partial charge in [-0.25, -0.2) is 13.1 Å². The molecule has 0 saturated carbocycles. The minimum atomic E-state index is -3.66. The van der Waals surface area contributed by atoms with Gasteiger partial charge in [-0.05, 0) is 69.6 Å². The number of methoxy groups -OCH3 is 2. The molecule has 53 heavy (non-hydrogen) atoms. The fourth-order valence-electron chi connectivity index (χ4n) is 7.31. The Bertz CT molecular complexity index is 2110. The summed E-state index contributed by atoms with van der Waals surface area (Å²) in [6.45, 7) is 4.72. The number of fused-ring (bicyclic) bond motifs is 1. The first-order valence-corrected chi connectivity index (χ1v) is 19.4. The monoisotopic (exact) mass is 734 g/mol. The van der Waals surface area contributed by atoms with Gasteiger partial charge in [0.2, 0.25) is 10.0 Å². The number of hydrogen-bond acceptors (Lipinski definition) is 8. The van der Waals surface area contributed by atoms with Crippen molar-refractivity contribution >= 4 is 10.0 Å². The van der Waals surface area contributed by atoms with E-state index in [4.69, 9.17) is 18.9 Å². The summed E-state index contributed by atoms with van der Waals surface area (Å²) in [6.07, 6.45) is -0.0662. The SMILES string of the molecule is COc1cc2c(cc1OC)CN(C[C@H]1O[C@@H](c3ccc(-c4ccccc4CNS(=O)(=O)c4ccccc4)cc3)O[C@@H](c3ccc(CO)cc3)[C@H]1C)CC2. The highest BCUT2D eigenvalue weighted by Crippen LogP contribution is 2.43. The van der Waals surface area contributed by atoms with E-state index in [0.717, 1.165) is 70.9 Å². The largest absolute Gasteiger partial charge is 0.493 e. The van der Waals surface area contributed by atoms with Crippen molar-refractivity contribution < 1.29 is 32.5 Å². The van der Waals surface area contributed by atoms with E-state index in [9.17, 15) is 13.5 Å². The smallest absolute Gasteiger partial charge is 0.240 e. The van der Waals surface area contributed by atoms with Crippen molar-refractivity contribution in [3.8, 4) is 22.6 Å². The quantitative estimate of drug-likeness (QED) is 0.139. The van der Waals surface area contributed by atoms with E-state index in [-0.39, 0.29) is 36.2 Å². The van der Waals surface area contributed by atoms with E-state index >= 15 is 0 Å². The summed E-state index contributed by atoms with van der Waals surface area (Å²) in [7, 11) is -0.330. The molecule has 4 atom stereocenters. The van der Waals surface area contributed by atoms with Crippen molar-refractivity contribution in [2.75, 3.05) is 27.3 Å². The van der Waals surface area contributed by atoms with Crippen molar-refractivity contribution in [2.24, 2.45) is 5.92 Å². The minimum absolute atomic E-state index is 0.0167. The predicted octanol–water partition coefficient (Wildman–Crippen LogP) is 7.19. The van der Waals surface area contributed by atoms with Crippen molar-refractivity contribution in [2.45, 2.75) is 56.4 Å². The zero-order chi connectivity index (χ0) is 37.0. The number of nitrogens with zero attached hydrogens (tertiary/aromatic N) is 1. The van der Waals surface area contributed by atoms with Crippen LogP contribution in [0.1, 0.15) is 52.7 Å². The van der Waals surface area contributed by atoms with E-state index in [1.807, 2.05) is 72.8 Å². The first kappa shape index (κ1) is 36.8. The molecular weight excluding hydrogens is 689 g/mol. The Morgan fingerprint density at radius 1 is 0.811 bits per heavy atom. The Morgan fingerprint density at radius 2 is 1.47 bits per heavy atom. The lowest BCUT2D eigenvalue weighted by atomic mass is 9.89. The van der Waals surface area contributed by atoms with Crippen LogP contribution in [0.3, 0.4) is 0 Å². The molecule has 0 bridgehead atoms. The molecule has 7 rings (SSSR count). The molecule has 2 aliphatic rings. The van der Waals surface area contributed by atoms with Crippen LogP contribution in [-0.2, 0) is 45.6 Å². The van der Waals surface area contributed by atoms with Crippen LogP contribution < -0.4 is 14.2 Å². The molecular formula is C43H46N2O7S. The Balaban J connectivity index is 1.12. The van der Waals surface area contributed by atoms with Gasteiger partial charge in [-0.15, -0.1) is 0 Å². The van der Waals surface area contributed by atoms with Gasteiger partial charge in [0, 0.05) is 37.7 Å². The van der Waals surface area contributed by atoms with Crippen molar-refractivity contribution in [3.05, 3.63) is 149 Å². The molecule has 1 fully saturated rings. The first-order chi connectivity index (χ1) is 25.8. The van der Waals surface area contributed by atoms with Crippen molar-refractivity contribution in [1.29, 1.82) is 0 Å². The number of aliphatic hydroxyl groups is 1. The fourth-order valence-corrected chi connectivity index (χ4v) is 8.34. The lowest BCUT2D eigenvalue weighted by Crippen LogP contribution is -2.45. The van der Waals surface area contributed by atoms with E-state index in [0.29, 0.717) is 0 Å². The van der Waals surface area contributed by atoms with Gasteiger partial charge in [-0.2, -0.15) is 0 Å². The Labute approximate surface area is 312 Å². The molecule has 5 aromatic carbocycles. The van der Waals surface area contributed by atoms with Crippen LogP contribution >= 0.6 is 0 Å². The van der Waals surface area contributed by atoms with Gasteiger partial charge in [0.1, 0.15) is 0 Å².